The fraction of sp³-hybridized carbons (Fsp3) is 0.458. The molecule has 1 heterocycles. The first-order chi connectivity index (χ1) is 16.1. The maximum absolute atomic E-state index is 13.0. The molecule has 3 rings (SSSR count). The molecule has 34 heavy (non-hydrogen) atoms. The van der Waals surface area contributed by atoms with Crippen LogP contribution in [0.2, 0.25) is 0 Å². The van der Waals surface area contributed by atoms with Crippen molar-refractivity contribution in [3.05, 3.63) is 48.0 Å². The number of benzene rings is 2. The zero-order chi connectivity index (χ0) is 24.9. The van der Waals surface area contributed by atoms with E-state index in [9.17, 15) is 13.2 Å². The van der Waals surface area contributed by atoms with Gasteiger partial charge in [-0.25, -0.2) is 8.42 Å². The number of rotatable bonds is 9. The lowest BCUT2D eigenvalue weighted by Crippen LogP contribution is -2.48. The maximum Gasteiger partial charge on any atom is 0.243 e. The van der Waals surface area contributed by atoms with Gasteiger partial charge in [-0.2, -0.15) is 4.31 Å². The second-order valence-corrected chi connectivity index (χ2v) is 10.4. The van der Waals surface area contributed by atoms with E-state index in [0.29, 0.717) is 36.8 Å². The van der Waals surface area contributed by atoms with Crippen LogP contribution in [0.1, 0.15) is 19.4 Å². The molecule has 10 heteroatoms. The van der Waals surface area contributed by atoms with Gasteiger partial charge in [-0.15, -0.1) is 0 Å². The second-order valence-electron chi connectivity index (χ2n) is 8.50. The molecular formula is C24H33N3O6S. The van der Waals surface area contributed by atoms with Gasteiger partial charge in [-0.1, -0.05) is 6.07 Å². The summed E-state index contributed by atoms with van der Waals surface area (Å²) in [6.45, 7) is 5.01. The highest BCUT2D eigenvalue weighted by atomic mass is 32.2. The van der Waals surface area contributed by atoms with E-state index in [2.05, 4.69) is 5.32 Å². The number of hydrogen-bond donors (Lipinski definition) is 1. The van der Waals surface area contributed by atoms with Crippen molar-refractivity contribution in [2.75, 3.05) is 46.2 Å². The minimum Gasteiger partial charge on any atom is -0.497 e. The topological polar surface area (TPSA) is 97.4 Å². The minimum absolute atomic E-state index is 0.152. The van der Waals surface area contributed by atoms with Gasteiger partial charge < -0.3 is 19.5 Å². The lowest BCUT2D eigenvalue weighted by molar-refractivity contribution is -0.117. The molecule has 0 aliphatic carbocycles. The molecule has 1 fully saturated rings. The number of carbonyl (C=O) groups is 1. The van der Waals surface area contributed by atoms with Crippen molar-refractivity contribution in [1.29, 1.82) is 0 Å². The molecule has 0 saturated carbocycles. The van der Waals surface area contributed by atoms with Gasteiger partial charge in [0.15, 0.2) is 0 Å². The Kier molecular flexibility index (Phi) is 8.53. The average molecular weight is 492 g/mol. The van der Waals surface area contributed by atoms with Crippen LogP contribution in [-0.4, -0.2) is 76.6 Å². The number of anilines is 1. The molecule has 9 nitrogen and oxygen atoms in total. The first-order valence-corrected chi connectivity index (χ1v) is 12.5. The van der Waals surface area contributed by atoms with Crippen molar-refractivity contribution < 1.29 is 27.4 Å². The Morgan fingerprint density at radius 3 is 2.32 bits per heavy atom. The third kappa shape index (κ3) is 6.47. The Labute approximate surface area is 201 Å². The maximum atomic E-state index is 13.0. The van der Waals surface area contributed by atoms with E-state index in [0.717, 1.165) is 5.56 Å². The quantitative estimate of drug-likeness (QED) is 0.576. The van der Waals surface area contributed by atoms with Crippen LogP contribution in [0.15, 0.2) is 47.4 Å². The molecule has 0 aromatic heterocycles. The molecule has 2 aromatic rings. The van der Waals surface area contributed by atoms with Crippen LogP contribution in [0.5, 0.6) is 11.5 Å². The molecule has 1 aliphatic rings. The molecule has 0 radical (unpaired) electrons. The summed E-state index contributed by atoms with van der Waals surface area (Å²) in [4.78, 5) is 14.6. The Balaban J connectivity index is 1.58. The van der Waals surface area contributed by atoms with E-state index in [4.69, 9.17) is 14.2 Å². The number of amides is 1. The van der Waals surface area contributed by atoms with Crippen LogP contribution >= 0.6 is 0 Å². The SMILES string of the molecule is COc1ccc(CN(C)CC(=O)Nc2ccc(S(=O)(=O)N3CC(C)OC(C)C3)cc2)c(OC)c1. The van der Waals surface area contributed by atoms with E-state index in [-0.39, 0.29) is 29.6 Å². The molecule has 2 aromatic carbocycles. The van der Waals surface area contributed by atoms with Gasteiger partial charge in [0.1, 0.15) is 11.5 Å². The van der Waals surface area contributed by atoms with E-state index in [1.165, 1.54) is 16.4 Å². The number of likely N-dealkylation sites (N-methyl/N-ethyl adjacent to an activating group) is 1. The Morgan fingerprint density at radius 1 is 1.09 bits per heavy atom. The highest BCUT2D eigenvalue weighted by Gasteiger charge is 2.32. The molecule has 1 N–H and O–H groups in total. The van der Waals surface area contributed by atoms with Crippen molar-refractivity contribution in [3.63, 3.8) is 0 Å². The average Bonchev–Trinajstić information content (AvgIpc) is 2.78. The minimum atomic E-state index is -3.63. The Morgan fingerprint density at radius 2 is 1.74 bits per heavy atom. The summed E-state index contributed by atoms with van der Waals surface area (Å²) in [5, 5.41) is 2.82. The number of ether oxygens (including phenoxy) is 3. The summed E-state index contributed by atoms with van der Waals surface area (Å²) in [6, 6.07) is 11.8. The van der Waals surface area contributed by atoms with Gasteiger partial charge >= 0.3 is 0 Å². The third-order valence-electron chi connectivity index (χ3n) is 5.51. The fourth-order valence-electron chi connectivity index (χ4n) is 3.96. The standard InChI is InChI=1S/C24H33N3O6S/c1-17-13-27(14-18(2)33-17)34(29,30)22-10-7-20(8-11-22)25-24(28)16-26(3)15-19-6-9-21(31-4)12-23(19)32-5/h6-12,17-18H,13-16H2,1-5H3,(H,25,28). The van der Waals surface area contributed by atoms with Crippen LogP contribution in [-0.2, 0) is 26.1 Å². The van der Waals surface area contributed by atoms with E-state index in [1.54, 1.807) is 32.4 Å². The molecule has 2 atom stereocenters. The number of sulfonamides is 1. The molecule has 186 valence electrons. The van der Waals surface area contributed by atoms with Crippen molar-refractivity contribution in [1.82, 2.24) is 9.21 Å². The number of nitrogens with zero attached hydrogens (tertiary/aromatic N) is 2. The molecule has 0 bridgehead atoms. The summed E-state index contributed by atoms with van der Waals surface area (Å²) >= 11 is 0. The summed E-state index contributed by atoms with van der Waals surface area (Å²) in [7, 11) is 1.40. The van der Waals surface area contributed by atoms with Crippen LogP contribution in [0.25, 0.3) is 0 Å². The summed E-state index contributed by atoms with van der Waals surface area (Å²) in [5.74, 6) is 1.18. The van der Waals surface area contributed by atoms with Crippen molar-refractivity contribution in [2.45, 2.75) is 37.5 Å². The largest absolute Gasteiger partial charge is 0.497 e. The molecule has 1 saturated heterocycles. The fourth-order valence-corrected chi connectivity index (χ4v) is 5.55. The van der Waals surface area contributed by atoms with Crippen LogP contribution in [0.4, 0.5) is 5.69 Å². The highest BCUT2D eigenvalue weighted by Crippen LogP contribution is 2.26. The highest BCUT2D eigenvalue weighted by molar-refractivity contribution is 7.89. The number of hydrogen-bond acceptors (Lipinski definition) is 7. The van der Waals surface area contributed by atoms with Gasteiger partial charge in [-0.05, 0) is 51.2 Å². The van der Waals surface area contributed by atoms with Gasteiger partial charge in [0.05, 0.1) is 37.9 Å². The van der Waals surface area contributed by atoms with E-state index in [1.807, 2.05) is 37.9 Å². The Hall–Kier alpha value is -2.66. The molecular weight excluding hydrogens is 458 g/mol. The third-order valence-corrected chi connectivity index (χ3v) is 7.36. The lowest BCUT2D eigenvalue weighted by Gasteiger charge is -2.34. The first-order valence-electron chi connectivity index (χ1n) is 11.1. The zero-order valence-electron chi connectivity index (χ0n) is 20.3. The molecule has 0 spiro atoms. The second kappa shape index (κ2) is 11.2. The normalized spacial score (nSPS) is 19.1. The van der Waals surface area contributed by atoms with Crippen molar-refractivity contribution in [2.24, 2.45) is 0 Å². The zero-order valence-corrected chi connectivity index (χ0v) is 21.1. The van der Waals surface area contributed by atoms with Crippen molar-refractivity contribution >= 4 is 21.6 Å². The van der Waals surface area contributed by atoms with Crippen LogP contribution in [0, 0.1) is 0 Å². The van der Waals surface area contributed by atoms with Gasteiger partial charge in [-0.3, -0.25) is 9.69 Å². The predicted molar refractivity (Wildman–Crippen MR) is 130 cm³/mol. The number of methoxy groups -OCH3 is 2. The van der Waals surface area contributed by atoms with Crippen molar-refractivity contribution in [3.8, 4) is 11.5 Å². The van der Waals surface area contributed by atoms with Crippen LogP contribution in [0.3, 0.4) is 0 Å². The van der Waals surface area contributed by atoms with E-state index < -0.39 is 10.0 Å². The lowest BCUT2D eigenvalue weighted by atomic mass is 10.2. The number of nitrogens with one attached hydrogen (secondary N) is 1. The Bertz CT molecular complexity index is 1080. The van der Waals surface area contributed by atoms with Gasteiger partial charge in [0.2, 0.25) is 15.9 Å². The molecule has 2 unspecified atom stereocenters. The smallest absolute Gasteiger partial charge is 0.243 e. The number of morpholine rings is 1. The number of carbonyl (C=O) groups excluding carboxylic acids is 1. The van der Waals surface area contributed by atoms with Gasteiger partial charge in [0.25, 0.3) is 0 Å². The summed E-state index contributed by atoms with van der Waals surface area (Å²) < 4.78 is 43.7. The van der Waals surface area contributed by atoms with Gasteiger partial charge in [0, 0.05) is 37.0 Å². The molecule has 1 amide bonds. The molecule has 1 aliphatic heterocycles. The van der Waals surface area contributed by atoms with E-state index >= 15 is 0 Å². The van der Waals surface area contributed by atoms with Crippen LogP contribution < -0.4 is 14.8 Å². The first kappa shape index (κ1) is 26.0. The summed E-state index contributed by atoms with van der Waals surface area (Å²) in [5.41, 5.74) is 1.46. The monoisotopic (exact) mass is 491 g/mol. The predicted octanol–water partition coefficient (Wildman–Crippen LogP) is 2.57. The summed E-state index contributed by atoms with van der Waals surface area (Å²) in [6.07, 6.45) is -0.320.